The average molecular weight is 256 g/mol. The molecule has 100 valence electrons. The Morgan fingerprint density at radius 3 is 2.00 bits per heavy atom. The lowest BCUT2D eigenvalue weighted by Crippen LogP contribution is -2.15. The molecule has 2 aromatic rings. The molecule has 0 saturated heterocycles. The molecule has 0 fully saturated rings. The van der Waals surface area contributed by atoms with E-state index in [4.69, 9.17) is 5.73 Å². The standard InChI is InChI=1S/C15H20N4/c1-9-6-11(7-10(2)17-9)14-18-12(15(3,4)5)8-13(16)19-14/h6-8H,1-5H3,(H2,16,18,19). The van der Waals surface area contributed by atoms with E-state index < -0.39 is 0 Å². The van der Waals surface area contributed by atoms with Gasteiger partial charge in [-0.25, -0.2) is 9.97 Å². The van der Waals surface area contributed by atoms with Crippen molar-refractivity contribution in [2.24, 2.45) is 0 Å². The van der Waals surface area contributed by atoms with E-state index in [1.807, 2.05) is 32.0 Å². The summed E-state index contributed by atoms with van der Waals surface area (Å²) in [7, 11) is 0. The zero-order valence-electron chi connectivity index (χ0n) is 12.2. The first kappa shape index (κ1) is 13.5. The fourth-order valence-electron chi connectivity index (χ4n) is 1.94. The summed E-state index contributed by atoms with van der Waals surface area (Å²) in [6, 6.07) is 5.80. The number of nitrogens with two attached hydrogens (primary N) is 1. The number of aryl methyl sites for hydroxylation is 2. The van der Waals surface area contributed by atoms with Crippen LogP contribution < -0.4 is 5.73 Å². The van der Waals surface area contributed by atoms with Crippen LogP contribution in [-0.4, -0.2) is 15.0 Å². The van der Waals surface area contributed by atoms with E-state index in [2.05, 4.69) is 35.7 Å². The first-order chi connectivity index (χ1) is 8.75. The van der Waals surface area contributed by atoms with E-state index in [1.54, 1.807) is 0 Å². The second-order valence-electron chi connectivity index (χ2n) is 5.89. The van der Waals surface area contributed by atoms with Crippen molar-refractivity contribution < 1.29 is 0 Å². The SMILES string of the molecule is Cc1cc(-c2nc(N)cc(C(C)(C)C)n2)cc(C)n1. The van der Waals surface area contributed by atoms with Crippen molar-refractivity contribution in [1.82, 2.24) is 15.0 Å². The number of rotatable bonds is 1. The summed E-state index contributed by atoms with van der Waals surface area (Å²) >= 11 is 0. The van der Waals surface area contributed by atoms with Crippen molar-refractivity contribution in [3.63, 3.8) is 0 Å². The van der Waals surface area contributed by atoms with Crippen LogP contribution in [0.1, 0.15) is 37.9 Å². The molecule has 0 aliphatic rings. The highest BCUT2D eigenvalue weighted by molar-refractivity contribution is 5.58. The third kappa shape index (κ3) is 3.08. The molecule has 0 aliphatic carbocycles. The molecular formula is C15H20N4. The third-order valence-corrected chi connectivity index (χ3v) is 2.85. The van der Waals surface area contributed by atoms with Gasteiger partial charge in [0.15, 0.2) is 5.82 Å². The molecule has 0 spiro atoms. The van der Waals surface area contributed by atoms with Crippen molar-refractivity contribution in [2.75, 3.05) is 5.73 Å². The number of aromatic nitrogens is 3. The normalized spacial score (nSPS) is 11.6. The summed E-state index contributed by atoms with van der Waals surface area (Å²) in [4.78, 5) is 13.3. The zero-order chi connectivity index (χ0) is 14.2. The molecule has 0 radical (unpaired) electrons. The van der Waals surface area contributed by atoms with Crippen LogP contribution in [0.15, 0.2) is 18.2 Å². The van der Waals surface area contributed by atoms with E-state index in [1.165, 1.54) is 0 Å². The third-order valence-electron chi connectivity index (χ3n) is 2.85. The Labute approximate surface area is 114 Å². The van der Waals surface area contributed by atoms with Gasteiger partial charge >= 0.3 is 0 Å². The van der Waals surface area contributed by atoms with Crippen LogP contribution >= 0.6 is 0 Å². The first-order valence-electron chi connectivity index (χ1n) is 6.36. The predicted molar refractivity (Wildman–Crippen MR) is 77.8 cm³/mol. The molecule has 0 saturated carbocycles. The Bertz CT molecular complexity index is 592. The Hall–Kier alpha value is -1.97. The molecular weight excluding hydrogens is 236 g/mol. The van der Waals surface area contributed by atoms with Crippen LogP contribution in [0.2, 0.25) is 0 Å². The molecule has 0 unspecified atom stereocenters. The molecule has 2 aromatic heterocycles. The largest absolute Gasteiger partial charge is 0.384 e. The number of nitrogens with zero attached hydrogens (tertiary/aromatic N) is 3. The summed E-state index contributed by atoms with van der Waals surface area (Å²) in [5, 5.41) is 0. The van der Waals surface area contributed by atoms with E-state index in [-0.39, 0.29) is 5.41 Å². The van der Waals surface area contributed by atoms with Crippen molar-refractivity contribution >= 4 is 5.82 Å². The van der Waals surface area contributed by atoms with Gasteiger partial charge in [-0.15, -0.1) is 0 Å². The van der Waals surface area contributed by atoms with E-state index in [0.29, 0.717) is 11.6 Å². The van der Waals surface area contributed by atoms with Gasteiger partial charge in [-0.2, -0.15) is 0 Å². The van der Waals surface area contributed by atoms with Crippen LogP contribution in [0, 0.1) is 13.8 Å². The number of anilines is 1. The number of hydrogen-bond acceptors (Lipinski definition) is 4. The van der Waals surface area contributed by atoms with Gasteiger partial charge in [0.05, 0.1) is 5.69 Å². The Kier molecular flexibility index (Phi) is 3.27. The number of hydrogen-bond donors (Lipinski definition) is 1. The number of nitrogen functional groups attached to an aromatic ring is 1. The summed E-state index contributed by atoms with van der Waals surface area (Å²) < 4.78 is 0. The quantitative estimate of drug-likeness (QED) is 0.851. The molecule has 4 heteroatoms. The Morgan fingerprint density at radius 1 is 0.895 bits per heavy atom. The molecule has 0 aliphatic heterocycles. The fraction of sp³-hybridized carbons (Fsp3) is 0.400. The van der Waals surface area contributed by atoms with E-state index in [0.717, 1.165) is 22.6 Å². The number of pyridine rings is 1. The van der Waals surface area contributed by atoms with Gasteiger partial charge in [0.2, 0.25) is 0 Å². The predicted octanol–water partition coefficient (Wildman–Crippen LogP) is 3.04. The maximum absolute atomic E-state index is 5.90. The molecule has 2 heterocycles. The average Bonchev–Trinajstić information content (AvgIpc) is 2.25. The van der Waals surface area contributed by atoms with E-state index >= 15 is 0 Å². The van der Waals surface area contributed by atoms with Crippen molar-refractivity contribution in [3.05, 3.63) is 35.3 Å². The zero-order valence-corrected chi connectivity index (χ0v) is 12.2. The Morgan fingerprint density at radius 2 is 1.47 bits per heavy atom. The van der Waals surface area contributed by atoms with Crippen molar-refractivity contribution in [2.45, 2.75) is 40.0 Å². The van der Waals surface area contributed by atoms with Crippen molar-refractivity contribution in [3.8, 4) is 11.4 Å². The molecule has 4 nitrogen and oxygen atoms in total. The minimum absolute atomic E-state index is 0.0526. The van der Waals surface area contributed by atoms with Gasteiger partial charge in [0.1, 0.15) is 5.82 Å². The van der Waals surface area contributed by atoms with Gasteiger partial charge in [0, 0.05) is 28.4 Å². The lowest BCUT2D eigenvalue weighted by Gasteiger charge is -2.18. The van der Waals surface area contributed by atoms with Gasteiger partial charge in [-0.3, -0.25) is 4.98 Å². The first-order valence-corrected chi connectivity index (χ1v) is 6.36. The van der Waals surface area contributed by atoms with Crippen LogP contribution in [-0.2, 0) is 5.41 Å². The molecule has 0 bridgehead atoms. The topological polar surface area (TPSA) is 64.7 Å². The molecule has 0 atom stereocenters. The monoisotopic (exact) mass is 256 g/mol. The van der Waals surface area contributed by atoms with Gasteiger partial charge < -0.3 is 5.73 Å². The second-order valence-corrected chi connectivity index (χ2v) is 5.89. The highest BCUT2D eigenvalue weighted by Crippen LogP contribution is 2.25. The summed E-state index contributed by atoms with van der Waals surface area (Å²) in [6.07, 6.45) is 0. The second kappa shape index (κ2) is 4.61. The minimum Gasteiger partial charge on any atom is -0.384 e. The summed E-state index contributed by atoms with van der Waals surface area (Å²) in [6.45, 7) is 10.3. The molecule has 0 aromatic carbocycles. The maximum atomic E-state index is 5.90. The molecule has 2 N–H and O–H groups in total. The van der Waals surface area contributed by atoms with Crippen LogP contribution in [0.4, 0.5) is 5.82 Å². The highest BCUT2D eigenvalue weighted by atomic mass is 15.0. The summed E-state index contributed by atoms with van der Waals surface area (Å²) in [5.74, 6) is 1.17. The smallest absolute Gasteiger partial charge is 0.161 e. The highest BCUT2D eigenvalue weighted by Gasteiger charge is 2.18. The molecule has 19 heavy (non-hydrogen) atoms. The minimum atomic E-state index is -0.0526. The van der Waals surface area contributed by atoms with Crippen molar-refractivity contribution in [1.29, 1.82) is 0 Å². The van der Waals surface area contributed by atoms with Gasteiger partial charge in [-0.05, 0) is 26.0 Å². The van der Waals surface area contributed by atoms with Gasteiger partial charge in [0.25, 0.3) is 0 Å². The van der Waals surface area contributed by atoms with Gasteiger partial charge in [-0.1, -0.05) is 20.8 Å². The van der Waals surface area contributed by atoms with E-state index in [9.17, 15) is 0 Å². The fourth-order valence-corrected chi connectivity index (χ4v) is 1.94. The van der Waals surface area contributed by atoms with Crippen LogP contribution in [0.25, 0.3) is 11.4 Å². The van der Waals surface area contributed by atoms with Crippen LogP contribution in [0.3, 0.4) is 0 Å². The lowest BCUT2D eigenvalue weighted by atomic mass is 9.92. The Balaban J connectivity index is 2.59. The molecule has 0 amide bonds. The van der Waals surface area contributed by atoms with Crippen LogP contribution in [0.5, 0.6) is 0 Å². The summed E-state index contributed by atoms with van der Waals surface area (Å²) in [5.41, 5.74) is 9.67. The maximum Gasteiger partial charge on any atom is 0.161 e. The lowest BCUT2D eigenvalue weighted by molar-refractivity contribution is 0.568. The molecule has 2 rings (SSSR count).